The van der Waals surface area contributed by atoms with E-state index in [1.165, 1.54) is 30.3 Å². The van der Waals surface area contributed by atoms with E-state index in [9.17, 15) is 23.1 Å². The molecule has 0 aliphatic heterocycles. The predicted molar refractivity (Wildman–Crippen MR) is 114 cm³/mol. The van der Waals surface area contributed by atoms with Crippen LogP contribution in [0.15, 0.2) is 82.6 Å². The Labute approximate surface area is 174 Å². The number of carbonyl (C=O) groups is 2. The molecule has 0 aliphatic carbocycles. The van der Waals surface area contributed by atoms with Crippen molar-refractivity contribution in [1.82, 2.24) is 0 Å². The third kappa shape index (κ3) is 4.66. The Morgan fingerprint density at radius 1 is 0.867 bits per heavy atom. The molecule has 0 aliphatic rings. The van der Waals surface area contributed by atoms with Crippen molar-refractivity contribution in [2.45, 2.75) is 16.7 Å². The van der Waals surface area contributed by atoms with Gasteiger partial charge in [-0.3, -0.25) is 4.79 Å². The largest absolute Gasteiger partial charge is 0.478 e. The van der Waals surface area contributed by atoms with Crippen molar-refractivity contribution in [2.75, 3.05) is 17.2 Å². The van der Waals surface area contributed by atoms with Gasteiger partial charge in [-0.2, -0.15) is 0 Å². The van der Waals surface area contributed by atoms with Crippen LogP contribution in [0.4, 0.5) is 11.4 Å². The summed E-state index contributed by atoms with van der Waals surface area (Å²) in [7, 11) is -3.78. The van der Waals surface area contributed by atoms with Gasteiger partial charge in [0.05, 0.1) is 33.3 Å². The van der Waals surface area contributed by atoms with Gasteiger partial charge in [0.1, 0.15) is 0 Å². The second-order valence-electron chi connectivity index (χ2n) is 6.57. The third-order valence-electron chi connectivity index (χ3n) is 4.38. The van der Waals surface area contributed by atoms with Crippen LogP contribution >= 0.6 is 0 Å². The Hall–Kier alpha value is -3.65. The number of carbonyl (C=O) groups excluding carboxylic acids is 1. The number of rotatable bonds is 7. The first-order valence-electron chi connectivity index (χ1n) is 9.06. The minimum atomic E-state index is -3.78. The summed E-state index contributed by atoms with van der Waals surface area (Å²) in [4.78, 5) is 23.8. The molecule has 30 heavy (non-hydrogen) atoms. The van der Waals surface area contributed by atoms with Gasteiger partial charge in [-0.15, -0.1) is 0 Å². The number of sulfone groups is 1. The Bertz CT molecular complexity index is 1190. The van der Waals surface area contributed by atoms with E-state index < -0.39 is 21.7 Å². The SMILES string of the molecule is Cc1ccc(S(=O)(=O)c2ccccc2NCC(=O)Nc2ccccc2C(=O)O)cc1. The lowest BCUT2D eigenvalue weighted by Gasteiger charge is -2.13. The second kappa shape index (κ2) is 8.79. The number of benzene rings is 3. The van der Waals surface area contributed by atoms with Crippen molar-refractivity contribution in [3.05, 3.63) is 83.9 Å². The van der Waals surface area contributed by atoms with E-state index in [4.69, 9.17) is 0 Å². The number of amides is 1. The highest BCUT2D eigenvalue weighted by Crippen LogP contribution is 2.27. The molecule has 0 unspecified atom stereocenters. The van der Waals surface area contributed by atoms with E-state index in [-0.39, 0.29) is 33.3 Å². The molecule has 0 fully saturated rings. The molecule has 0 spiro atoms. The number of aromatic carboxylic acids is 1. The summed E-state index contributed by atoms with van der Waals surface area (Å²) in [5.74, 6) is -1.67. The Morgan fingerprint density at radius 2 is 1.47 bits per heavy atom. The van der Waals surface area contributed by atoms with Crippen molar-refractivity contribution in [3.8, 4) is 0 Å². The van der Waals surface area contributed by atoms with Crippen LogP contribution in [0.25, 0.3) is 0 Å². The molecular formula is C22H20N2O5S. The maximum absolute atomic E-state index is 13.0. The van der Waals surface area contributed by atoms with Gasteiger partial charge < -0.3 is 15.7 Å². The molecule has 0 aromatic heterocycles. The van der Waals surface area contributed by atoms with Crippen LogP contribution in [-0.4, -0.2) is 31.9 Å². The first kappa shape index (κ1) is 21.1. The van der Waals surface area contributed by atoms with E-state index in [1.807, 2.05) is 6.92 Å². The fourth-order valence-corrected chi connectivity index (χ4v) is 4.28. The standard InChI is InChI=1S/C22H20N2O5S/c1-15-10-12-16(13-11-15)30(28,29)20-9-5-4-8-19(20)23-14-21(25)24-18-7-3-2-6-17(18)22(26)27/h2-13,23H,14H2,1H3,(H,24,25)(H,26,27). The second-order valence-corrected chi connectivity index (χ2v) is 8.48. The molecule has 3 rings (SSSR count). The zero-order valence-corrected chi connectivity index (χ0v) is 16.9. The van der Waals surface area contributed by atoms with Gasteiger partial charge in [0.2, 0.25) is 15.7 Å². The molecule has 0 bridgehead atoms. The molecule has 3 aromatic rings. The topological polar surface area (TPSA) is 113 Å². The zero-order valence-electron chi connectivity index (χ0n) is 16.1. The summed E-state index contributed by atoms with van der Waals surface area (Å²) in [5.41, 5.74) is 1.35. The van der Waals surface area contributed by atoms with E-state index >= 15 is 0 Å². The number of anilines is 2. The van der Waals surface area contributed by atoms with Crippen molar-refractivity contribution < 1.29 is 23.1 Å². The summed E-state index contributed by atoms with van der Waals surface area (Å²) in [6, 6.07) is 18.9. The summed E-state index contributed by atoms with van der Waals surface area (Å²) in [6.07, 6.45) is 0. The Balaban J connectivity index is 1.78. The molecule has 0 saturated carbocycles. The van der Waals surface area contributed by atoms with Gasteiger partial charge in [-0.25, -0.2) is 13.2 Å². The normalized spacial score (nSPS) is 11.0. The monoisotopic (exact) mass is 424 g/mol. The number of carboxylic acids is 1. The lowest BCUT2D eigenvalue weighted by Crippen LogP contribution is -2.23. The highest BCUT2D eigenvalue weighted by atomic mass is 32.2. The smallest absolute Gasteiger partial charge is 0.337 e. The molecule has 154 valence electrons. The molecule has 7 nitrogen and oxygen atoms in total. The molecule has 0 saturated heterocycles. The highest BCUT2D eigenvalue weighted by molar-refractivity contribution is 7.91. The maximum Gasteiger partial charge on any atom is 0.337 e. The lowest BCUT2D eigenvalue weighted by molar-refractivity contribution is -0.114. The van der Waals surface area contributed by atoms with Crippen molar-refractivity contribution in [3.63, 3.8) is 0 Å². The number of hydrogen-bond acceptors (Lipinski definition) is 5. The van der Waals surface area contributed by atoms with Crippen LogP contribution in [0.5, 0.6) is 0 Å². The fraction of sp³-hybridized carbons (Fsp3) is 0.0909. The van der Waals surface area contributed by atoms with Gasteiger partial charge in [0, 0.05) is 0 Å². The average Bonchev–Trinajstić information content (AvgIpc) is 2.73. The number of para-hydroxylation sites is 2. The van der Waals surface area contributed by atoms with Crippen molar-refractivity contribution in [2.24, 2.45) is 0 Å². The minimum Gasteiger partial charge on any atom is -0.478 e. The van der Waals surface area contributed by atoms with E-state index in [1.54, 1.807) is 42.5 Å². The summed E-state index contributed by atoms with van der Waals surface area (Å²) >= 11 is 0. The van der Waals surface area contributed by atoms with Crippen LogP contribution in [0, 0.1) is 6.92 Å². The van der Waals surface area contributed by atoms with E-state index in [0.29, 0.717) is 0 Å². The summed E-state index contributed by atoms with van der Waals surface area (Å²) < 4.78 is 26.0. The molecular weight excluding hydrogens is 404 g/mol. The molecule has 1 amide bonds. The average molecular weight is 424 g/mol. The van der Waals surface area contributed by atoms with Crippen LogP contribution in [0.2, 0.25) is 0 Å². The molecule has 3 aromatic carbocycles. The summed E-state index contributed by atoms with van der Waals surface area (Å²) in [6.45, 7) is 1.63. The van der Waals surface area contributed by atoms with Gasteiger partial charge >= 0.3 is 5.97 Å². The quantitative estimate of drug-likeness (QED) is 0.534. The van der Waals surface area contributed by atoms with Crippen LogP contribution in [-0.2, 0) is 14.6 Å². The Morgan fingerprint density at radius 3 is 2.13 bits per heavy atom. The van der Waals surface area contributed by atoms with Gasteiger partial charge in [0.25, 0.3) is 0 Å². The van der Waals surface area contributed by atoms with Gasteiger partial charge in [-0.1, -0.05) is 42.0 Å². The Kier molecular flexibility index (Phi) is 6.17. The molecule has 0 radical (unpaired) electrons. The lowest BCUT2D eigenvalue weighted by atomic mass is 10.2. The maximum atomic E-state index is 13.0. The van der Waals surface area contributed by atoms with E-state index in [2.05, 4.69) is 10.6 Å². The predicted octanol–water partition coefficient (Wildman–Crippen LogP) is 3.58. The number of nitrogens with one attached hydrogen (secondary N) is 2. The van der Waals surface area contributed by atoms with Gasteiger partial charge in [-0.05, 0) is 43.3 Å². The van der Waals surface area contributed by atoms with Crippen LogP contribution < -0.4 is 10.6 Å². The highest BCUT2D eigenvalue weighted by Gasteiger charge is 2.21. The van der Waals surface area contributed by atoms with Gasteiger partial charge in [0.15, 0.2) is 0 Å². The zero-order chi connectivity index (χ0) is 21.7. The minimum absolute atomic E-state index is 0.0341. The van der Waals surface area contributed by atoms with Crippen LogP contribution in [0.3, 0.4) is 0 Å². The molecule has 3 N–H and O–H groups in total. The molecule has 8 heteroatoms. The summed E-state index contributed by atoms with van der Waals surface area (Å²) in [5, 5.41) is 14.6. The molecule has 0 atom stereocenters. The third-order valence-corrected chi connectivity index (χ3v) is 6.21. The first-order valence-corrected chi connectivity index (χ1v) is 10.5. The van der Waals surface area contributed by atoms with Crippen molar-refractivity contribution in [1.29, 1.82) is 0 Å². The first-order chi connectivity index (χ1) is 14.3. The van der Waals surface area contributed by atoms with Crippen LogP contribution in [0.1, 0.15) is 15.9 Å². The van der Waals surface area contributed by atoms with Crippen molar-refractivity contribution >= 4 is 33.1 Å². The fourth-order valence-electron chi connectivity index (χ4n) is 2.84. The number of carboxylic acid groups (broad SMARTS) is 1. The molecule has 0 heterocycles. The van der Waals surface area contributed by atoms with E-state index in [0.717, 1.165) is 5.56 Å². The number of aryl methyl sites for hydroxylation is 1. The number of hydrogen-bond donors (Lipinski definition) is 3.